The molecule has 0 bridgehead atoms. The smallest absolute Gasteiger partial charge is 0.144 e. The van der Waals surface area contributed by atoms with Crippen molar-refractivity contribution in [2.45, 2.75) is 51.0 Å². The van der Waals surface area contributed by atoms with Crippen LogP contribution in [0.15, 0.2) is 48.7 Å². The van der Waals surface area contributed by atoms with Crippen LogP contribution < -0.4 is 0 Å². The first-order valence-electron chi connectivity index (χ1n) is 9.15. The molecule has 0 amide bonds. The van der Waals surface area contributed by atoms with E-state index in [1.54, 1.807) is 0 Å². The summed E-state index contributed by atoms with van der Waals surface area (Å²) in [5.74, 6) is 2.74. The number of hydrogen-bond acceptors (Lipinski definition) is 3. The second-order valence-corrected chi connectivity index (χ2v) is 8.78. The van der Waals surface area contributed by atoms with Gasteiger partial charge in [0, 0.05) is 22.2 Å². The van der Waals surface area contributed by atoms with Crippen molar-refractivity contribution in [2.75, 3.05) is 0 Å². The highest BCUT2D eigenvalue weighted by atomic mass is 127. The number of hydrogen-bond donors (Lipinski definition) is 0. The van der Waals surface area contributed by atoms with Gasteiger partial charge in [-0.05, 0) is 73.4 Å². The molecular formula is C21H23IN4. The van der Waals surface area contributed by atoms with Crippen LogP contribution in [0, 0.1) is 3.57 Å². The van der Waals surface area contributed by atoms with E-state index in [0.717, 1.165) is 33.9 Å². The molecule has 2 heterocycles. The summed E-state index contributed by atoms with van der Waals surface area (Å²) in [5, 5.41) is 9.21. The zero-order chi connectivity index (χ0) is 18.1. The van der Waals surface area contributed by atoms with Crippen LogP contribution in [0.3, 0.4) is 0 Å². The molecule has 5 heteroatoms. The molecule has 1 aromatic carbocycles. The fourth-order valence-corrected chi connectivity index (χ4v) is 3.71. The maximum Gasteiger partial charge on any atom is 0.144 e. The van der Waals surface area contributed by atoms with Gasteiger partial charge in [-0.1, -0.05) is 30.3 Å². The van der Waals surface area contributed by atoms with E-state index in [2.05, 4.69) is 98.7 Å². The molecule has 0 N–H and O–H groups in total. The summed E-state index contributed by atoms with van der Waals surface area (Å²) < 4.78 is 3.50. The van der Waals surface area contributed by atoms with Gasteiger partial charge in [0.05, 0.1) is 11.1 Å². The quantitative estimate of drug-likeness (QED) is 0.502. The molecule has 1 fully saturated rings. The highest BCUT2D eigenvalue weighted by Gasteiger charge is 2.36. The standard InChI is InChI=1S/C21H23IN4/c1-21(2,18-11-10-17(22)14-23-18)20-25-24-19(16-8-9-16)26(20)13-12-15-6-4-3-5-7-15/h3-7,10-11,14,16H,8-9,12-13H2,1-2H3. The van der Waals surface area contributed by atoms with Gasteiger partial charge in [0.2, 0.25) is 0 Å². The molecular weight excluding hydrogens is 435 g/mol. The van der Waals surface area contributed by atoms with Crippen molar-refractivity contribution >= 4 is 22.6 Å². The molecule has 0 radical (unpaired) electrons. The summed E-state index contributed by atoms with van der Waals surface area (Å²) in [6.45, 7) is 5.30. The lowest BCUT2D eigenvalue weighted by atomic mass is 9.87. The Labute approximate surface area is 168 Å². The molecule has 4 nitrogen and oxygen atoms in total. The first kappa shape index (κ1) is 17.6. The minimum atomic E-state index is -0.277. The van der Waals surface area contributed by atoms with Gasteiger partial charge >= 0.3 is 0 Å². The number of aryl methyl sites for hydroxylation is 1. The Bertz CT molecular complexity index is 880. The molecule has 1 aliphatic rings. The zero-order valence-electron chi connectivity index (χ0n) is 15.2. The summed E-state index contributed by atoms with van der Waals surface area (Å²) in [4.78, 5) is 4.67. The summed E-state index contributed by atoms with van der Waals surface area (Å²) in [5.41, 5.74) is 2.11. The van der Waals surface area contributed by atoms with Crippen molar-refractivity contribution in [3.8, 4) is 0 Å². The van der Waals surface area contributed by atoms with E-state index in [1.165, 1.54) is 18.4 Å². The molecule has 4 rings (SSSR count). The minimum Gasteiger partial charge on any atom is -0.314 e. The van der Waals surface area contributed by atoms with Crippen molar-refractivity contribution in [2.24, 2.45) is 0 Å². The van der Waals surface area contributed by atoms with E-state index in [4.69, 9.17) is 0 Å². The summed E-state index contributed by atoms with van der Waals surface area (Å²) in [6.07, 6.45) is 5.36. The number of benzene rings is 1. The van der Waals surface area contributed by atoms with Gasteiger partial charge in [-0.15, -0.1) is 10.2 Å². The first-order valence-corrected chi connectivity index (χ1v) is 10.2. The predicted octanol–water partition coefficient (Wildman–Crippen LogP) is 4.72. The lowest BCUT2D eigenvalue weighted by Crippen LogP contribution is -2.26. The van der Waals surface area contributed by atoms with Crippen LogP contribution in [-0.2, 0) is 18.4 Å². The molecule has 134 valence electrons. The van der Waals surface area contributed by atoms with Crippen molar-refractivity contribution < 1.29 is 0 Å². The maximum absolute atomic E-state index is 4.67. The highest BCUT2D eigenvalue weighted by molar-refractivity contribution is 14.1. The van der Waals surface area contributed by atoms with Crippen LogP contribution in [-0.4, -0.2) is 19.7 Å². The van der Waals surface area contributed by atoms with Gasteiger partial charge in [-0.25, -0.2) is 0 Å². The molecule has 0 aliphatic heterocycles. The summed E-state index contributed by atoms with van der Waals surface area (Å²) >= 11 is 2.29. The van der Waals surface area contributed by atoms with Gasteiger partial charge in [0.1, 0.15) is 11.6 Å². The Morgan fingerprint density at radius 3 is 2.50 bits per heavy atom. The average molecular weight is 458 g/mol. The molecule has 3 aromatic rings. The predicted molar refractivity (Wildman–Crippen MR) is 111 cm³/mol. The SMILES string of the molecule is CC(C)(c1ccc(I)cn1)c1nnc(C2CC2)n1CCc1ccccc1. The summed E-state index contributed by atoms with van der Waals surface area (Å²) in [6, 6.07) is 14.9. The van der Waals surface area contributed by atoms with Crippen LogP contribution in [0.5, 0.6) is 0 Å². The average Bonchev–Trinajstić information content (AvgIpc) is 3.40. The molecule has 1 aliphatic carbocycles. The third-order valence-electron chi connectivity index (χ3n) is 5.12. The normalized spacial score (nSPS) is 14.6. The highest BCUT2D eigenvalue weighted by Crippen LogP contribution is 2.41. The minimum absolute atomic E-state index is 0.277. The largest absolute Gasteiger partial charge is 0.314 e. The van der Waals surface area contributed by atoms with Crippen LogP contribution >= 0.6 is 22.6 Å². The van der Waals surface area contributed by atoms with E-state index < -0.39 is 0 Å². The van der Waals surface area contributed by atoms with E-state index >= 15 is 0 Å². The second kappa shape index (κ2) is 7.10. The van der Waals surface area contributed by atoms with Crippen molar-refractivity contribution in [3.63, 3.8) is 0 Å². The van der Waals surface area contributed by atoms with Crippen molar-refractivity contribution in [3.05, 3.63) is 75.1 Å². The van der Waals surface area contributed by atoms with Gasteiger partial charge in [-0.2, -0.15) is 0 Å². The Morgan fingerprint density at radius 2 is 1.85 bits per heavy atom. The number of halogens is 1. The van der Waals surface area contributed by atoms with Crippen LogP contribution in [0.25, 0.3) is 0 Å². The first-order chi connectivity index (χ1) is 12.6. The van der Waals surface area contributed by atoms with Crippen LogP contribution in [0.2, 0.25) is 0 Å². The number of pyridine rings is 1. The second-order valence-electron chi connectivity index (χ2n) is 7.53. The Balaban J connectivity index is 1.68. The number of nitrogens with zero attached hydrogens (tertiary/aromatic N) is 4. The molecule has 2 aromatic heterocycles. The van der Waals surface area contributed by atoms with Crippen LogP contribution in [0.4, 0.5) is 0 Å². The molecule has 0 atom stereocenters. The van der Waals surface area contributed by atoms with E-state index in [-0.39, 0.29) is 5.41 Å². The molecule has 0 spiro atoms. The van der Waals surface area contributed by atoms with E-state index in [1.807, 2.05) is 6.20 Å². The molecule has 0 saturated heterocycles. The number of aromatic nitrogens is 4. The zero-order valence-corrected chi connectivity index (χ0v) is 17.3. The molecule has 0 unspecified atom stereocenters. The fraction of sp³-hybridized carbons (Fsp3) is 0.381. The fourth-order valence-electron chi connectivity index (χ4n) is 3.39. The maximum atomic E-state index is 4.67. The van der Waals surface area contributed by atoms with Crippen molar-refractivity contribution in [1.29, 1.82) is 0 Å². The third-order valence-corrected chi connectivity index (χ3v) is 5.75. The monoisotopic (exact) mass is 458 g/mol. The topological polar surface area (TPSA) is 43.6 Å². The molecule has 26 heavy (non-hydrogen) atoms. The molecule has 1 saturated carbocycles. The Hall–Kier alpha value is -1.76. The van der Waals surface area contributed by atoms with E-state index in [0.29, 0.717) is 5.92 Å². The Kier molecular flexibility index (Phi) is 4.82. The van der Waals surface area contributed by atoms with Gasteiger partial charge in [-0.3, -0.25) is 4.98 Å². The third kappa shape index (κ3) is 3.54. The van der Waals surface area contributed by atoms with E-state index in [9.17, 15) is 0 Å². The lowest BCUT2D eigenvalue weighted by Gasteiger charge is -2.24. The van der Waals surface area contributed by atoms with Gasteiger partial charge < -0.3 is 4.57 Å². The summed E-state index contributed by atoms with van der Waals surface area (Å²) in [7, 11) is 0. The van der Waals surface area contributed by atoms with Crippen molar-refractivity contribution in [1.82, 2.24) is 19.7 Å². The number of rotatable bonds is 6. The Morgan fingerprint density at radius 1 is 1.08 bits per heavy atom. The lowest BCUT2D eigenvalue weighted by molar-refractivity contribution is 0.509. The van der Waals surface area contributed by atoms with Gasteiger partial charge in [0.15, 0.2) is 0 Å². The van der Waals surface area contributed by atoms with Crippen LogP contribution in [0.1, 0.15) is 55.5 Å². The van der Waals surface area contributed by atoms with Gasteiger partial charge in [0.25, 0.3) is 0 Å².